The summed E-state index contributed by atoms with van der Waals surface area (Å²) < 4.78 is 13.9. The maximum absolute atomic E-state index is 13.5. The Morgan fingerprint density at radius 2 is 1.63 bits per heavy atom. The van der Waals surface area contributed by atoms with Gasteiger partial charge in [-0.3, -0.25) is 4.79 Å². The highest BCUT2D eigenvalue weighted by Gasteiger charge is 2.73. The van der Waals surface area contributed by atoms with Crippen molar-refractivity contribution >= 4 is 5.78 Å². The van der Waals surface area contributed by atoms with E-state index in [0.717, 1.165) is 44.9 Å². The van der Waals surface area contributed by atoms with Gasteiger partial charge in [-0.05, 0) is 112 Å². The van der Waals surface area contributed by atoms with E-state index in [9.17, 15) is 9.90 Å². The van der Waals surface area contributed by atoms with Crippen molar-refractivity contribution in [2.24, 2.45) is 45.3 Å². The molecule has 4 aliphatic carbocycles. The number of rotatable bonds is 4. The summed E-state index contributed by atoms with van der Waals surface area (Å²) in [6, 6.07) is 10.5. The molecule has 4 saturated carbocycles. The molecule has 10 atom stereocenters. The highest BCUT2D eigenvalue weighted by atomic mass is 16.5. The molecule has 228 valence electrons. The number of ketones is 1. The van der Waals surface area contributed by atoms with Gasteiger partial charge in [-0.1, -0.05) is 65.0 Å². The standard InChI is InChI=1S/C37H56O4/c1-32(2)17-12-18-37(8,41-32)25-15-20-35(6)30(25)26(38)21-28-34(5)19-16-29(39)33(3,4)31(34)27(22-36(28,35)7)40-23-24-13-10-9-11-14-24/h9-11,13-14,25-28,30-31,38H,12,15-23H2,1-8H3/t25-,26+,27-,28+,30-,31-,34+,35+,36+,37+/m0/s1. The molecule has 0 spiro atoms. The molecule has 6 rings (SSSR count). The molecule has 0 radical (unpaired) electrons. The zero-order chi connectivity index (χ0) is 29.6. The van der Waals surface area contributed by atoms with E-state index in [2.05, 4.69) is 85.7 Å². The summed E-state index contributed by atoms with van der Waals surface area (Å²) in [6.07, 6.45) is 8.61. The normalized spacial score (nSPS) is 48.7. The lowest BCUT2D eigenvalue weighted by Gasteiger charge is -2.71. The molecule has 4 heteroatoms. The van der Waals surface area contributed by atoms with Crippen LogP contribution in [-0.2, 0) is 20.9 Å². The molecule has 1 saturated heterocycles. The van der Waals surface area contributed by atoms with Crippen molar-refractivity contribution in [1.29, 1.82) is 0 Å². The molecule has 5 fully saturated rings. The lowest BCUT2D eigenvalue weighted by atomic mass is 9.34. The zero-order valence-electron chi connectivity index (χ0n) is 27.1. The third kappa shape index (κ3) is 4.35. The molecule has 1 heterocycles. The SMILES string of the molecule is CC1(C)CCC[C@](C)([C@H]2CC[C@]3(C)[C@@H]2[C@H](O)C[C@@H]2[C@@]4(C)CCC(=O)C(C)(C)[C@@H]4[C@@H](OCc4ccccc4)C[C@]23C)O1. The molecule has 1 aliphatic heterocycles. The van der Waals surface area contributed by atoms with Crippen LogP contribution in [0, 0.1) is 45.3 Å². The maximum atomic E-state index is 13.5. The van der Waals surface area contributed by atoms with E-state index in [1.54, 1.807) is 0 Å². The van der Waals surface area contributed by atoms with Gasteiger partial charge in [0.1, 0.15) is 5.78 Å². The van der Waals surface area contributed by atoms with Gasteiger partial charge >= 0.3 is 0 Å². The van der Waals surface area contributed by atoms with Crippen molar-refractivity contribution in [1.82, 2.24) is 0 Å². The van der Waals surface area contributed by atoms with E-state index >= 15 is 0 Å². The third-order valence-electron chi connectivity index (χ3n) is 14.1. The molecule has 41 heavy (non-hydrogen) atoms. The average Bonchev–Trinajstić information content (AvgIpc) is 3.27. The van der Waals surface area contributed by atoms with Gasteiger partial charge in [0, 0.05) is 17.8 Å². The van der Waals surface area contributed by atoms with Gasteiger partial charge in [-0.25, -0.2) is 0 Å². The summed E-state index contributed by atoms with van der Waals surface area (Å²) in [4.78, 5) is 13.5. The van der Waals surface area contributed by atoms with Crippen molar-refractivity contribution in [2.75, 3.05) is 0 Å². The summed E-state index contributed by atoms with van der Waals surface area (Å²) in [6.45, 7) is 19.3. The van der Waals surface area contributed by atoms with Crippen LogP contribution >= 0.6 is 0 Å². The van der Waals surface area contributed by atoms with Crippen molar-refractivity contribution < 1.29 is 19.4 Å². The van der Waals surface area contributed by atoms with Gasteiger partial charge in [0.05, 0.1) is 30.0 Å². The smallest absolute Gasteiger partial charge is 0.138 e. The largest absolute Gasteiger partial charge is 0.393 e. The molecule has 0 unspecified atom stereocenters. The topological polar surface area (TPSA) is 55.8 Å². The number of hydrogen-bond donors (Lipinski definition) is 1. The number of benzene rings is 1. The van der Waals surface area contributed by atoms with Gasteiger partial charge in [0.15, 0.2) is 0 Å². The van der Waals surface area contributed by atoms with Crippen LogP contribution in [0.2, 0.25) is 0 Å². The van der Waals surface area contributed by atoms with Gasteiger partial charge in [-0.15, -0.1) is 0 Å². The summed E-state index contributed by atoms with van der Waals surface area (Å²) in [5, 5.41) is 12.2. The summed E-state index contributed by atoms with van der Waals surface area (Å²) in [7, 11) is 0. The van der Waals surface area contributed by atoms with Crippen molar-refractivity contribution in [3.63, 3.8) is 0 Å². The Bertz CT molecular complexity index is 1160. The van der Waals surface area contributed by atoms with Crippen molar-refractivity contribution in [3.05, 3.63) is 35.9 Å². The van der Waals surface area contributed by atoms with E-state index in [1.807, 2.05) is 0 Å². The first-order valence-corrected chi connectivity index (χ1v) is 16.6. The van der Waals surface area contributed by atoms with Crippen LogP contribution in [0.5, 0.6) is 0 Å². The van der Waals surface area contributed by atoms with Gasteiger partial charge < -0.3 is 14.6 Å². The first-order chi connectivity index (χ1) is 19.1. The average molecular weight is 565 g/mol. The van der Waals surface area contributed by atoms with Gasteiger partial charge in [0.25, 0.3) is 0 Å². The molecule has 0 aromatic heterocycles. The predicted octanol–water partition coefficient (Wildman–Crippen LogP) is 8.14. The number of ether oxygens (including phenoxy) is 2. The van der Waals surface area contributed by atoms with E-state index in [4.69, 9.17) is 9.47 Å². The second-order valence-electron chi connectivity index (χ2n) is 17.1. The Hall–Kier alpha value is -1.23. The highest BCUT2D eigenvalue weighted by Crippen LogP contribution is 2.76. The number of Topliss-reactive ketones (excluding diaryl/α,β-unsaturated/α-hetero) is 1. The van der Waals surface area contributed by atoms with E-state index in [-0.39, 0.29) is 51.5 Å². The van der Waals surface area contributed by atoms with Crippen LogP contribution in [0.1, 0.15) is 119 Å². The monoisotopic (exact) mass is 564 g/mol. The quantitative estimate of drug-likeness (QED) is 0.401. The number of carbonyl (C=O) groups excluding carboxylic acids is 1. The molecule has 5 aliphatic rings. The Kier molecular flexibility index (Phi) is 7.01. The Morgan fingerprint density at radius 1 is 0.927 bits per heavy atom. The first-order valence-electron chi connectivity index (χ1n) is 16.6. The fraction of sp³-hybridized carbons (Fsp3) is 0.811. The predicted molar refractivity (Wildman–Crippen MR) is 163 cm³/mol. The second kappa shape index (κ2) is 9.63. The van der Waals surface area contributed by atoms with Gasteiger partial charge in [-0.2, -0.15) is 0 Å². The minimum Gasteiger partial charge on any atom is -0.393 e. The zero-order valence-corrected chi connectivity index (χ0v) is 27.1. The van der Waals surface area contributed by atoms with Crippen LogP contribution in [0.4, 0.5) is 0 Å². The maximum Gasteiger partial charge on any atom is 0.138 e. The Labute approximate surface area is 249 Å². The van der Waals surface area contributed by atoms with E-state index < -0.39 is 5.41 Å². The third-order valence-corrected chi connectivity index (χ3v) is 14.1. The molecular weight excluding hydrogens is 508 g/mol. The number of hydrogen-bond acceptors (Lipinski definition) is 4. The van der Waals surface area contributed by atoms with Gasteiger partial charge in [0.2, 0.25) is 0 Å². The fourth-order valence-electron chi connectivity index (χ4n) is 12.2. The Balaban J connectivity index is 1.40. The van der Waals surface area contributed by atoms with Crippen LogP contribution in [-0.4, -0.2) is 34.3 Å². The van der Waals surface area contributed by atoms with E-state index in [0.29, 0.717) is 30.6 Å². The molecule has 1 aromatic carbocycles. The number of fused-ring (bicyclic) bond motifs is 5. The molecular formula is C37H56O4. The van der Waals surface area contributed by atoms with Crippen LogP contribution in [0.15, 0.2) is 30.3 Å². The highest BCUT2D eigenvalue weighted by molar-refractivity contribution is 5.85. The molecule has 1 aromatic rings. The summed E-state index contributed by atoms with van der Waals surface area (Å²) in [5.41, 5.74) is 0.378. The van der Waals surface area contributed by atoms with Crippen LogP contribution in [0.25, 0.3) is 0 Å². The molecule has 4 nitrogen and oxygen atoms in total. The second-order valence-corrected chi connectivity index (χ2v) is 17.1. The summed E-state index contributed by atoms with van der Waals surface area (Å²) >= 11 is 0. The van der Waals surface area contributed by atoms with Crippen molar-refractivity contribution in [3.8, 4) is 0 Å². The lowest BCUT2D eigenvalue weighted by Crippen LogP contribution is -2.69. The van der Waals surface area contributed by atoms with E-state index in [1.165, 1.54) is 12.0 Å². The lowest BCUT2D eigenvalue weighted by molar-refractivity contribution is -0.272. The summed E-state index contributed by atoms with van der Waals surface area (Å²) in [5.74, 6) is 1.45. The number of carbonyl (C=O) groups is 1. The van der Waals surface area contributed by atoms with Crippen LogP contribution < -0.4 is 0 Å². The number of aliphatic hydroxyl groups excluding tert-OH is 1. The molecule has 1 N–H and O–H groups in total. The minimum atomic E-state index is -0.439. The fourth-order valence-corrected chi connectivity index (χ4v) is 12.2. The first kappa shape index (κ1) is 29.8. The minimum absolute atomic E-state index is 0.00734. The van der Waals surface area contributed by atoms with Crippen molar-refractivity contribution in [2.45, 2.75) is 143 Å². The van der Waals surface area contributed by atoms with Crippen LogP contribution in [0.3, 0.4) is 0 Å². The molecule has 0 bridgehead atoms. The Morgan fingerprint density at radius 3 is 2.32 bits per heavy atom. The molecule has 0 amide bonds. The number of aliphatic hydroxyl groups is 1.